The predicted octanol–water partition coefficient (Wildman–Crippen LogP) is 10.8. The highest BCUT2D eigenvalue weighted by Gasteiger charge is 2.26. The van der Waals surface area contributed by atoms with Crippen LogP contribution in [-0.2, 0) is 14.1 Å². The largest absolute Gasteiger partial charge is 0.394 e. The molecule has 0 aliphatic carbocycles. The van der Waals surface area contributed by atoms with Crippen molar-refractivity contribution >= 4 is 20.1 Å². The summed E-state index contributed by atoms with van der Waals surface area (Å²) < 4.78 is 5.33. The minimum Gasteiger partial charge on any atom is -0.394 e. The third kappa shape index (κ3) is 29.8. The molecule has 43 heavy (non-hydrogen) atoms. The van der Waals surface area contributed by atoms with Gasteiger partial charge in [-0.1, -0.05) is 154 Å². The van der Waals surface area contributed by atoms with Crippen molar-refractivity contribution in [3.63, 3.8) is 0 Å². The van der Waals surface area contributed by atoms with Crippen molar-refractivity contribution in [2.75, 3.05) is 13.2 Å². The Morgan fingerprint density at radius 3 is 1.51 bits per heavy atom. The number of carbonyl (C=O) groups is 2. The van der Waals surface area contributed by atoms with Gasteiger partial charge in [0.05, 0.1) is 27.9 Å². The average Bonchev–Trinajstić information content (AvgIpc) is 3.01. The molecule has 6 heteroatoms. The molecule has 0 spiro atoms. The van der Waals surface area contributed by atoms with Crippen LogP contribution in [0.5, 0.6) is 0 Å². The number of unbranched alkanes of at least 4 members (excludes halogenated alkanes) is 22. The van der Waals surface area contributed by atoms with E-state index in [0.717, 1.165) is 38.5 Å². The maximum absolute atomic E-state index is 13.0. The van der Waals surface area contributed by atoms with Crippen molar-refractivity contribution in [3.8, 4) is 0 Å². The Labute approximate surface area is 268 Å². The highest BCUT2D eigenvalue weighted by molar-refractivity contribution is 7.53. The standard InChI is InChI=1S/C37H71O5P/c1-3-5-7-9-11-13-15-17-18-19-21-23-25-27-29-31-36(40)35(37(41)43-42-33-34(39)32-38)30-28-26-24-22-20-16-14-12-10-8-6-4-2/h17-18,34-35,38-39,43H,3-16,19-33H2,1-2H3/b18-17-. The lowest BCUT2D eigenvalue weighted by molar-refractivity contribution is -0.129. The lowest BCUT2D eigenvalue weighted by atomic mass is 9.93. The monoisotopic (exact) mass is 627 g/mol. The number of ketones is 1. The Hall–Kier alpha value is -0.610. The molecule has 0 radical (unpaired) electrons. The van der Waals surface area contributed by atoms with Crippen LogP contribution in [0.3, 0.4) is 0 Å². The van der Waals surface area contributed by atoms with Crippen LogP contribution in [-0.4, -0.2) is 40.8 Å². The van der Waals surface area contributed by atoms with E-state index in [9.17, 15) is 14.7 Å². The number of carbonyl (C=O) groups excluding carboxylic acids is 2. The minimum atomic E-state index is -0.985. The predicted molar refractivity (Wildman–Crippen MR) is 186 cm³/mol. The van der Waals surface area contributed by atoms with Crippen LogP contribution in [0.15, 0.2) is 12.2 Å². The molecule has 3 unspecified atom stereocenters. The van der Waals surface area contributed by atoms with Crippen molar-refractivity contribution in [2.24, 2.45) is 5.92 Å². The fourth-order valence-electron chi connectivity index (χ4n) is 5.50. The van der Waals surface area contributed by atoms with E-state index >= 15 is 0 Å². The van der Waals surface area contributed by atoms with Gasteiger partial charge in [0.25, 0.3) is 0 Å². The van der Waals surface area contributed by atoms with Gasteiger partial charge in [-0.2, -0.15) is 0 Å². The van der Waals surface area contributed by atoms with Gasteiger partial charge in [-0.25, -0.2) is 0 Å². The first-order valence-corrected chi connectivity index (χ1v) is 19.4. The van der Waals surface area contributed by atoms with Gasteiger partial charge in [-0.3, -0.25) is 9.59 Å². The highest BCUT2D eigenvalue weighted by Crippen LogP contribution is 2.27. The summed E-state index contributed by atoms with van der Waals surface area (Å²) in [6, 6.07) is 0. The van der Waals surface area contributed by atoms with Gasteiger partial charge in [0.2, 0.25) is 0 Å². The first-order chi connectivity index (χ1) is 21.1. The number of allylic oxidation sites excluding steroid dienone is 2. The molecule has 0 saturated carbocycles. The van der Waals surface area contributed by atoms with Gasteiger partial charge in [-0.05, 0) is 38.5 Å². The zero-order valence-corrected chi connectivity index (χ0v) is 29.4. The third-order valence-electron chi connectivity index (χ3n) is 8.40. The minimum absolute atomic E-state index is 0.0597. The number of hydrogen-bond donors (Lipinski definition) is 2. The van der Waals surface area contributed by atoms with Crippen LogP contribution in [0.4, 0.5) is 0 Å². The number of aliphatic hydroxyl groups is 2. The van der Waals surface area contributed by atoms with E-state index in [0.29, 0.717) is 12.8 Å². The molecule has 0 bridgehead atoms. The molecule has 0 aliphatic rings. The van der Waals surface area contributed by atoms with E-state index in [-0.39, 0.29) is 17.9 Å². The van der Waals surface area contributed by atoms with Crippen molar-refractivity contribution < 1.29 is 24.3 Å². The molecule has 0 aromatic carbocycles. The van der Waals surface area contributed by atoms with Crippen molar-refractivity contribution in [1.82, 2.24) is 0 Å². The number of Topliss-reactive ketones (excluding diaryl/α,β-unsaturated/α-hetero) is 1. The van der Waals surface area contributed by atoms with Crippen LogP contribution in [0.25, 0.3) is 0 Å². The van der Waals surface area contributed by atoms with Gasteiger partial charge in [0, 0.05) is 6.42 Å². The molecule has 0 saturated heterocycles. The van der Waals surface area contributed by atoms with E-state index in [4.69, 9.17) is 9.63 Å². The zero-order valence-electron chi connectivity index (χ0n) is 28.4. The van der Waals surface area contributed by atoms with Crippen molar-refractivity contribution in [3.05, 3.63) is 12.2 Å². The number of hydrogen-bond acceptors (Lipinski definition) is 5. The summed E-state index contributed by atoms with van der Waals surface area (Å²) in [7, 11) is -0.447. The molecule has 0 heterocycles. The molecule has 2 N–H and O–H groups in total. The molecule has 0 aromatic rings. The summed E-state index contributed by atoms with van der Waals surface area (Å²) in [5.41, 5.74) is -0.147. The Kier molecular flexibility index (Phi) is 33.8. The number of aliphatic hydroxyl groups excluding tert-OH is 2. The van der Waals surface area contributed by atoms with E-state index in [2.05, 4.69) is 26.0 Å². The number of rotatable bonds is 35. The molecule has 0 aromatic heterocycles. The fourth-order valence-corrected chi connectivity index (χ4v) is 6.37. The molecule has 0 aliphatic heterocycles. The van der Waals surface area contributed by atoms with Gasteiger partial charge in [0.1, 0.15) is 11.9 Å². The Bertz CT molecular complexity index is 638. The zero-order chi connectivity index (χ0) is 31.6. The third-order valence-corrected chi connectivity index (χ3v) is 9.26. The Morgan fingerprint density at radius 1 is 0.628 bits per heavy atom. The first-order valence-electron chi connectivity index (χ1n) is 18.4. The van der Waals surface area contributed by atoms with Crippen LogP contribution < -0.4 is 0 Å². The average molecular weight is 627 g/mol. The molecule has 254 valence electrons. The van der Waals surface area contributed by atoms with Crippen LogP contribution in [0, 0.1) is 5.92 Å². The highest BCUT2D eigenvalue weighted by atomic mass is 31.1. The Balaban J connectivity index is 4.13. The van der Waals surface area contributed by atoms with Crippen LogP contribution >= 0.6 is 8.81 Å². The van der Waals surface area contributed by atoms with Gasteiger partial charge in [-0.15, -0.1) is 0 Å². The normalized spacial score (nSPS) is 13.4. The Morgan fingerprint density at radius 2 is 1.05 bits per heavy atom. The van der Waals surface area contributed by atoms with E-state index in [1.807, 2.05) is 0 Å². The van der Waals surface area contributed by atoms with Gasteiger partial charge in [0.15, 0.2) is 5.52 Å². The van der Waals surface area contributed by atoms with Crippen molar-refractivity contribution in [2.45, 2.75) is 193 Å². The lowest BCUT2D eigenvalue weighted by Crippen LogP contribution is -2.23. The summed E-state index contributed by atoms with van der Waals surface area (Å²) in [5, 5.41) is 18.5. The molecule has 0 rings (SSSR count). The van der Waals surface area contributed by atoms with Crippen LogP contribution in [0.2, 0.25) is 0 Å². The molecule has 5 nitrogen and oxygen atoms in total. The first kappa shape index (κ1) is 42.4. The molecule has 3 atom stereocenters. The quantitative estimate of drug-likeness (QED) is 0.0316. The topological polar surface area (TPSA) is 83.8 Å². The summed E-state index contributed by atoms with van der Waals surface area (Å²) in [5.74, 6) is -0.519. The maximum Gasteiger partial charge on any atom is 0.189 e. The summed E-state index contributed by atoms with van der Waals surface area (Å²) >= 11 is 0. The summed E-state index contributed by atoms with van der Waals surface area (Å²) in [4.78, 5) is 25.9. The van der Waals surface area contributed by atoms with E-state index < -0.39 is 27.4 Å². The van der Waals surface area contributed by atoms with Gasteiger partial charge < -0.3 is 14.7 Å². The fraction of sp³-hybridized carbons (Fsp3) is 0.892. The molecular formula is C37H71O5P. The molecular weight excluding hydrogens is 555 g/mol. The SMILES string of the molecule is CCCCCCCC/C=C\CCCCCCCC(=O)C(CCCCCCCCCCCCCC)C(=O)POCC(O)CO. The lowest BCUT2D eigenvalue weighted by Gasteiger charge is -2.15. The molecule has 0 fully saturated rings. The smallest absolute Gasteiger partial charge is 0.189 e. The second kappa shape index (κ2) is 34.3. The van der Waals surface area contributed by atoms with Gasteiger partial charge >= 0.3 is 0 Å². The summed E-state index contributed by atoms with van der Waals surface area (Å²) in [6.45, 7) is 4.05. The molecule has 0 amide bonds. The van der Waals surface area contributed by atoms with E-state index in [1.54, 1.807) is 0 Å². The summed E-state index contributed by atoms with van der Waals surface area (Å²) in [6.07, 6.45) is 35.8. The second-order valence-electron chi connectivity index (χ2n) is 12.6. The van der Waals surface area contributed by atoms with Crippen LogP contribution in [0.1, 0.15) is 187 Å². The second-order valence-corrected chi connectivity index (χ2v) is 13.6. The van der Waals surface area contributed by atoms with E-state index in [1.165, 1.54) is 122 Å². The maximum atomic E-state index is 13.0. The van der Waals surface area contributed by atoms with Crippen molar-refractivity contribution in [1.29, 1.82) is 0 Å².